The van der Waals surface area contributed by atoms with E-state index >= 15 is 0 Å². The Morgan fingerprint density at radius 3 is 2.73 bits per heavy atom. The van der Waals surface area contributed by atoms with E-state index < -0.39 is 13.0 Å². The van der Waals surface area contributed by atoms with Gasteiger partial charge in [0.2, 0.25) is 0 Å². The van der Waals surface area contributed by atoms with E-state index in [2.05, 4.69) is 15.2 Å². The molecule has 0 aliphatic carbocycles. The van der Waals surface area contributed by atoms with Crippen molar-refractivity contribution in [3.05, 3.63) is 0 Å². The van der Waals surface area contributed by atoms with Crippen LogP contribution in [0.3, 0.4) is 0 Å². The fourth-order valence-corrected chi connectivity index (χ4v) is 1.01. The summed E-state index contributed by atoms with van der Waals surface area (Å²) in [4.78, 5) is 0. The summed E-state index contributed by atoms with van der Waals surface area (Å²) >= 11 is 0. The maximum Gasteiger partial charge on any atom is 0.261 e. The summed E-state index contributed by atoms with van der Waals surface area (Å²) in [6, 6.07) is -0.259. The number of ether oxygens (including phenoxy) is 1. The summed E-state index contributed by atoms with van der Waals surface area (Å²) in [7, 11) is 0. The van der Waals surface area contributed by atoms with Crippen LogP contribution >= 0.6 is 0 Å². The third-order valence-electron chi connectivity index (χ3n) is 1.76. The minimum atomic E-state index is -2.45. The van der Waals surface area contributed by atoms with Gasteiger partial charge in [0.25, 0.3) is 6.43 Å². The predicted molar refractivity (Wildman–Crippen MR) is 52.3 cm³/mol. The van der Waals surface area contributed by atoms with Gasteiger partial charge >= 0.3 is 0 Å². The Bertz CT molecular complexity index is 191. The molecule has 0 amide bonds. The summed E-state index contributed by atoms with van der Waals surface area (Å²) in [6.07, 6.45) is -1.80. The van der Waals surface area contributed by atoms with Crippen LogP contribution in [0.25, 0.3) is 0 Å². The quantitative estimate of drug-likeness (QED) is 0.183. The maximum atomic E-state index is 11.7. The molecule has 1 unspecified atom stereocenters. The molecule has 0 saturated carbocycles. The second-order valence-corrected chi connectivity index (χ2v) is 2.91. The van der Waals surface area contributed by atoms with Crippen LogP contribution in [0.4, 0.5) is 8.78 Å². The molecule has 0 saturated heterocycles. The van der Waals surface area contributed by atoms with Crippen molar-refractivity contribution < 1.29 is 18.7 Å². The van der Waals surface area contributed by atoms with Crippen molar-refractivity contribution in [1.29, 1.82) is 0 Å². The van der Waals surface area contributed by atoms with E-state index in [0.717, 1.165) is 0 Å². The number of amidine groups is 1. The first-order chi connectivity index (χ1) is 7.11. The molecule has 0 aromatic heterocycles. The molecule has 4 N–H and O–H groups in total. The zero-order chi connectivity index (χ0) is 11.7. The molecular formula is C8H17F2N3O2. The average molecular weight is 225 g/mol. The minimum Gasteiger partial charge on any atom is -0.409 e. The highest BCUT2D eigenvalue weighted by molar-refractivity contribution is 5.85. The number of hydrogen-bond donors (Lipinski definition) is 3. The Hall–Kier alpha value is -0.950. The number of halogens is 2. The lowest BCUT2D eigenvalue weighted by molar-refractivity contribution is 0.0185. The second kappa shape index (κ2) is 8.37. The van der Waals surface area contributed by atoms with E-state index in [1.807, 2.05) is 6.92 Å². The van der Waals surface area contributed by atoms with E-state index in [0.29, 0.717) is 13.0 Å². The number of hydrogen-bond acceptors (Lipinski definition) is 4. The largest absolute Gasteiger partial charge is 0.409 e. The molecule has 0 aliphatic rings. The highest BCUT2D eigenvalue weighted by Crippen LogP contribution is 1.93. The first-order valence-electron chi connectivity index (χ1n) is 4.68. The lowest BCUT2D eigenvalue weighted by Crippen LogP contribution is -2.42. The van der Waals surface area contributed by atoms with Gasteiger partial charge < -0.3 is 21.0 Å². The summed E-state index contributed by atoms with van der Waals surface area (Å²) < 4.78 is 28.0. The Morgan fingerprint density at radius 1 is 1.60 bits per heavy atom. The Morgan fingerprint density at radius 2 is 2.27 bits per heavy atom. The number of nitrogens with two attached hydrogens (primary N) is 1. The van der Waals surface area contributed by atoms with Gasteiger partial charge in [0.1, 0.15) is 6.61 Å². The second-order valence-electron chi connectivity index (χ2n) is 2.91. The maximum absolute atomic E-state index is 11.7. The molecule has 15 heavy (non-hydrogen) atoms. The number of nitrogens with one attached hydrogen (secondary N) is 1. The molecule has 90 valence electrons. The number of nitrogens with zero attached hydrogens (tertiary/aromatic N) is 1. The lowest BCUT2D eigenvalue weighted by atomic mass is 10.2. The Kier molecular flexibility index (Phi) is 7.84. The van der Waals surface area contributed by atoms with Crippen LogP contribution in [0.2, 0.25) is 0 Å². The van der Waals surface area contributed by atoms with Crippen molar-refractivity contribution in [3.8, 4) is 0 Å². The van der Waals surface area contributed by atoms with Gasteiger partial charge in [-0.2, -0.15) is 0 Å². The highest BCUT2D eigenvalue weighted by Gasteiger charge is 2.10. The third-order valence-corrected chi connectivity index (χ3v) is 1.76. The lowest BCUT2D eigenvalue weighted by Gasteiger charge is -2.14. The molecule has 7 heteroatoms. The van der Waals surface area contributed by atoms with Crippen LogP contribution in [0, 0.1) is 0 Å². The van der Waals surface area contributed by atoms with Crippen LogP contribution < -0.4 is 11.1 Å². The van der Waals surface area contributed by atoms with Gasteiger partial charge in [0.15, 0.2) is 5.84 Å². The molecule has 0 aromatic rings. The van der Waals surface area contributed by atoms with E-state index in [4.69, 9.17) is 10.9 Å². The van der Waals surface area contributed by atoms with Crippen molar-refractivity contribution in [2.75, 3.05) is 19.8 Å². The summed E-state index contributed by atoms with van der Waals surface area (Å²) in [6.45, 7) is 1.83. The van der Waals surface area contributed by atoms with E-state index in [1.165, 1.54) is 0 Å². The van der Waals surface area contributed by atoms with Crippen LogP contribution in [0.1, 0.15) is 13.3 Å². The van der Waals surface area contributed by atoms with Crippen molar-refractivity contribution >= 4 is 5.84 Å². The van der Waals surface area contributed by atoms with Crippen molar-refractivity contribution in [2.24, 2.45) is 10.9 Å². The topological polar surface area (TPSA) is 79.9 Å². The zero-order valence-electron chi connectivity index (χ0n) is 8.62. The van der Waals surface area contributed by atoms with Crippen LogP contribution in [-0.2, 0) is 4.74 Å². The fourth-order valence-electron chi connectivity index (χ4n) is 1.01. The first kappa shape index (κ1) is 14.1. The molecule has 0 aliphatic heterocycles. The van der Waals surface area contributed by atoms with Gasteiger partial charge in [-0.15, -0.1) is 0 Å². The molecule has 5 nitrogen and oxygen atoms in total. The van der Waals surface area contributed by atoms with Crippen molar-refractivity contribution in [1.82, 2.24) is 5.32 Å². The highest BCUT2D eigenvalue weighted by atomic mass is 19.3. The molecule has 0 radical (unpaired) electrons. The van der Waals surface area contributed by atoms with Gasteiger partial charge in [-0.25, -0.2) is 8.78 Å². The van der Waals surface area contributed by atoms with Gasteiger partial charge in [-0.1, -0.05) is 12.1 Å². The molecule has 0 fully saturated rings. The van der Waals surface area contributed by atoms with Crippen LogP contribution in [0.15, 0.2) is 5.16 Å². The average Bonchev–Trinajstić information content (AvgIpc) is 2.22. The molecule has 0 aromatic carbocycles. The van der Waals surface area contributed by atoms with E-state index in [-0.39, 0.29) is 18.5 Å². The molecule has 0 bridgehead atoms. The molecule has 0 spiro atoms. The molecule has 1 atom stereocenters. The molecule has 0 rings (SSSR count). The van der Waals surface area contributed by atoms with Gasteiger partial charge in [-0.05, 0) is 6.42 Å². The Balaban J connectivity index is 3.56. The number of alkyl halides is 2. The molecular weight excluding hydrogens is 208 g/mol. The predicted octanol–water partition coefficient (Wildman–Crippen LogP) is 0.383. The van der Waals surface area contributed by atoms with Crippen molar-refractivity contribution in [2.45, 2.75) is 25.8 Å². The van der Waals surface area contributed by atoms with Crippen molar-refractivity contribution in [3.63, 3.8) is 0 Å². The smallest absolute Gasteiger partial charge is 0.261 e. The monoisotopic (exact) mass is 225 g/mol. The standard InChI is InChI=1S/C8H17F2N3O2/c1-2-6(8(11)13-14)12-3-4-15-5-7(9)10/h6-7,12,14H,2-5H2,1H3,(H2,11,13). The minimum absolute atomic E-state index is 0.0753. The van der Waals surface area contributed by atoms with Crippen LogP contribution in [-0.4, -0.2) is 43.3 Å². The van der Waals surface area contributed by atoms with E-state index in [9.17, 15) is 8.78 Å². The number of oxime groups is 1. The summed E-state index contributed by atoms with van der Waals surface area (Å²) in [5.41, 5.74) is 5.37. The summed E-state index contributed by atoms with van der Waals surface area (Å²) in [5, 5.41) is 14.2. The fraction of sp³-hybridized carbons (Fsp3) is 0.875. The first-order valence-corrected chi connectivity index (χ1v) is 4.68. The van der Waals surface area contributed by atoms with Gasteiger partial charge in [0.05, 0.1) is 12.6 Å². The third kappa shape index (κ3) is 7.03. The molecule has 0 heterocycles. The summed E-state index contributed by atoms with van der Waals surface area (Å²) in [5.74, 6) is 0.0753. The van der Waals surface area contributed by atoms with E-state index in [1.54, 1.807) is 0 Å². The Labute approximate surface area is 87.3 Å². The zero-order valence-corrected chi connectivity index (χ0v) is 8.62. The SMILES string of the molecule is CCC(NCCOCC(F)F)C(N)=NO. The normalized spacial score (nSPS) is 14.5. The van der Waals surface area contributed by atoms with Gasteiger partial charge in [-0.3, -0.25) is 0 Å². The van der Waals surface area contributed by atoms with Crippen LogP contribution in [0.5, 0.6) is 0 Å². The number of rotatable bonds is 8. The van der Waals surface area contributed by atoms with Gasteiger partial charge in [0, 0.05) is 6.54 Å².